The van der Waals surface area contributed by atoms with Gasteiger partial charge in [-0.25, -0.2) is 0 Å². The normalized spacial score (nSPS) is 14.9. The van der Waals surface area contributed by atoms with Gasteiger partial charge in [0.15, 0.2) is 5.78 Å². The summed E-state index contributed by atoms with van der Waals surface area (Å²) in [5.41, 5.74) is 3.72. The fourth-order valence-electron chi connectivity index (χ4n) is 3.13. The smallest absolute Gasteiger partial charge is 0.512 e. The predicted octanol–water partition coefficient (Wildman–Crippen LogP) is 4.71. The Bertz CT molecular complexity index is 890. The summed E-state index contributed by atoms with van der Waals surface area (Å²) in [6, 6.07) is 25.2. The van der Waals surface area contributed by atoms with E-state index in [0.717, 1.165) is 0 Å². The molecule has 1 atom stereocenters. The Kier molecular flexibility index (Phi) is 8.35. The van der Waals surface area contributed by atoms with Gasteiger partial charge >= 0.3 is 21.1 Å². The predicted molar refractivity (Wildman–Crippen MR) is 110 cm³/mol. The topological polar surface area (TPSA) is 44.4 Å². The van der Waals surface area contributed by atoms with Crippen molar-refractivity contribution in [2.24, 2.45) is 0 Å². The van der Waals surface area contributed by atoms with E-state index in [1.54, 1.807) is 0 Å². The molecule has 5 heteroatoms. The van der Waals surface area contributed by atoms with E-state index in [1.165, 1.54) is 36.9 Å². The number of aliphatic hydroxyl groups excluding tert-OH is 1. The minimum atomic E-state index is -0.125. The van der Waals surface area contributed by atoms with Gasteiger partial charge in [0.2, 0.25) is 0 Å². The first-order chi connectivity index (χ1) is 13.6. The first-order valence-corrected chi connectivity index (χ1v) is 9.10. The van der Waals surface area contributed by atoms with Crippen molar-refractivity contribution in [2.75, 3.05) is 4.90 Å². The van der Waals surface area contributed by atoms with Gasteiger partial charge in [0.05, 0.1) is 18.0 Å². The van der Waals surface area contributed by atoms with Crippen LogP contribution in [0, 0.1) is 12.7 Å². The number of anilines is 2. The number of aromatic nitrogens is 1. The summed E-state index contributed by atoms with van der Waals surface area (Å²) >= 11 is 0. The Morgan fingerprint density at radius 3 is 2.34 bits per heavy atom. The molecule has 0 bridgehead atoms. The Hall–Kier alpha value is -2.71. The van der Waals surface area contributed by atoms with E-state index in [2.05, 4.69) is 76.9 Å². The standard InChI is InChI=1S/C19H15N2.C5H8O2.Pt/c1-3-9-16(10-4-1)21-15-19(20-13-7-2-8-14-20)17-11-5-6-12-18(17)21;1-4(6)3-5(2)7;/h1-13,15,19H;3,6H,1-2H3;/q-1;;+2/b;4-3-;. The van der Waals surface area contributed by atoms with Crippen LogP contribution in [0.2, 0.25) is 0 Å². The zero-order chi connectivity index (χ0) is 19.9. The average molecular weight is 567 g/mol. The molecule has 0 saturated heterocycles. The van der Waals surface area contributed by atoms with Gasteiger partial charge in [0, 0.05) is 23.0 Å². The molecule has 4 rings (SSSR count). The molecular weight excluding hydrogens is 543 g/mol. The summed E-state index contributed by atoms with van der Waals surface area (Å²) < 4.78 is 2.11. The van der Waals surface area contributed by atoms with Gasteiger partial charge < -0.3 is 14.6 Å². The number of pyridine rings is 1. The third-order valence-electron chi connectivity index (χ3n) is 4.23. The van der Waals surface area contributed by atoms with Crippen LogP contribution in [-0.2, 0) is 25.9 Å². The van der Waals surface area contributed by atoms with E-state index in [0.29, 0.717) is 0 Å². The summed E-state index contributed by atoms with van der Waals surface area (Å²) in [6.07, 6.45) is 6.51. The van der Waals surface area contributed by atoms with Gasteiger partial charge in [-0.1, -0.05) is 36.4 Å². The fraction of sp³-hybridized carbons (Fsp3) is 0.125. The number of rotatable bonds is 3. The average Bonchev–Trinajstić information content (AvgIpc) is 3.09. The van der Waals surface area contributed by atoms with Crippen molar-refractivity contribution in [1.82, 2.24) is 0 Å². The molecule has 1 unspecified atom stereocenters. The molecule has 2 heterocycles. The quantitative estimate of drug-likeness (QED) is 0.216. The number of hydrogen-bond acceptors (Lipinski definition) is 3. The number of para-hydroxylation sites is 2. The van der Waals surface area contributed by atoms with Gasteiger partial charge in [-0.15, -0.1) is 12.1 Å². The Labute approximate surface area is 186 Å². The van der Waals surface area contributed by atoms with Crippen LogP contribution in [0.15, 0.2) is 90.8 Å². The number of allylic oxidation sites excluding steroid dienone is 2. The van der Waals surface area contributed by atoms with Crippen molar-refractivity contribution in [1.29, 1.82) is 0 Å². The third-order valence-corrected chi connectivity index (χ3v) is 4.23. The number of hydrogen-bond donors (Lipinski definition) is 1. The molecule has 0 spiro atoms. The number of carbonyl (C=O) groups is 1. The second-order valence-electron chi connectivity index (χ2n) is 6.49. The van der Waals surface area contributed by atoms with Crippen LogP contribution in [0.1, 0.15) is 25.5 Å². The second-order valence-corrected chi connectivity index (χ2v) is 6.49. The molecule has 1 aliphatic heterocycles. The maximum Gasteiger partial charge on any atom is 2.00 e. The molecule has 0 fully saturated rings. The number of aliphatic hydroxyl groups is 1. The molecule has 0 amide bonds. The molecule has 4 nitrogen and oxygen atoms in total. The van der Waals surface area contributed by atoms with E-state index >= 15 is 0 Å². The van der Waals surface area contributed by atoms with Crippen LogP contribution in [0.5, 0.6) is 0 Å². The summed E-state index contributed by atoms with van der Waals surface area (Å²) in [7, 11) is 0. The van der Waals surface area contributed by atoms with Gasteiger partial charge in [0.1, 0.15) is 6.20 Å². The fourth-order valence-corrected chi connectivity index (χ4v) is 3.13. The SMILES string of the molecule is CC(=O)/C=C(/C)O.[Pt+2].[c-]1cccc[n+]1C1[CH-]N(c2ccccc2)c2ccccc21. The monoisotopic (exact) mass is 566 g/mol. The molecule has 1 aromatic heterocycles. The second kappa shape index (κ2) is 10.7. The molecule has 0 aliphatic carbocycles. The molecule has 0 saturated carbocycles. The number of nitrogens with zero attached hydrogens (tertiary/aromatic N) is 2. The summed E-state index contributed by atoms with van der Waals surface area (Å²) in [4.78, 5) is 12.3. The van der Waals surface area contributed by atoms with Crippen LogP contribution in [0.25, 0.3) is 0 Å². The third kappa shape index (κ3) is 5.88. The van der Waals surface area contributed by atoms with Crippen LogP contribution in [-0.4, -0.2) is 10.9 Å². The summed E-state index contributed by atoms with van der Waals surface area (Å²) in [5.74, 6) is -0.0625. The van der Waals surface area contributed by atoms with E-state index in [4.69, 9.17) is 5.11 Å². The van der Waals surface area contributed by atoms with Crippen LogP contribution >= 0.6 is 0 Å². The van der Waals surface area contributed by atoms with Crippen molar-refractivity contribution in [3.05, 3.63) is 109 Å². The van der Waals surface area contributed by atoms with E-state index in [-0.39, 0.29) is 38.6 Å². The molecular formula is C24H23N2O2Pt+. The molecule has 29 heavy (non-hydrogen) atoms. The Morgan fingerprint density at radius 1 is 1.07 bits per heavy atom. The maximum absolute atomic E-state index is 10.0. The number of fused-ring (bicyclic) bond motifs is 1. The van der Waals surface area contributed by atoms with E-state index in [1.807, 2.05) is 24.3 Å². The number of benzene rings is 2. The Morgan fingerprint density at radius 2 is 1.76 bits per heavy atom. The molecule has 0 radical (unpaired) electrons. The summed E-state index contributed by atoms with van der Waals surface area (Å²) in [6.45, 7) is 5.09. The van der Waals surface area contributed by atoms with Crippen molar-refractivity contribution in [3.63, 3.8) is 0 Å². The number of ketones is 1. The largest absolute Gasteiger partial charge is 2.00 e. The zero-order valence-electron chi connectivity index (χ0n) is 16.3. The van der Waals surface area contributed by atoms with Gasteiger partial charge in [-0.2, -0.15) is 12.6 Å². The van der Waals surface area contributed by atoms with Gasteiger partial charge in [-0.3, -0.25) is 4.79 Å². The van der Waals surface area contributed by atoms with E-state index < -0.39 is 0 Å². The minimum absolute atomic E-state index is 0. The summed E-state index contributed by atoms with van der Waals surface area (Å²) in [5, 5.41) is 8.36. The molecule has 1 aliphatic rings. The van der Waals surface area contributed by atoms with Crippen LogP contribution in [0.4, 0.5) is 11.4 Å². The minimum Gasteiger partial charge on any atom is -0.512 e. The number of carbonyl (C=O) groups excluding carboxylic acids is 1. The van der Waals surface area contributed by atoms with Crippen molar-refractivity contribution >= 4 is 17.2 Å². The molecule has 2 aromatic carbocycles. The van der Waals surface area contributed by atoms with Crippen molar-refractivity contribution in [3.8, 4) is 0 Å². The van der Waals surface area contributed by atoms with Crippen molar-refractivity contribution in [2.45, 2.75) is 19.9 Å². The molecule has 3 aromatic rings. The van der Waals surface area contributed by atoms with Gasteiger partial charge in [0.25, 0.3) is 0 Å². The van der Waals surface area contributed by atoms with Crippen molar-refractivity contribution < 1.29 is 35.5 Å². The zero-order valence-corrected chi connectivity index (χ0v) is 18.6. The maximum atomic E-state index is 10.0. The molecule has 1 N–H and O–H groups in total. The van der Waals surface area contributed by atoms with Crippen LogP contribution in [0.3, 0.4) is 0 Å². The van der Waals surface area contributed by atoms with E-state index in [9.17, 15) is 4.79 Å². The first-order valence-electron chi connectivity index (χ1n) is 9.10. The van der Waals surface area contributed by atoms with Gasteiger partial charge in [-0.05, 0) is 32.0 Å². The van der Waals surface area contributed by atoms with Crippen LogP contribution < -0.4 is 9.47 Å². The Balaban J connectivity index is 0.000000327. The first kappa shape index (κ1) is 22.6. The molecule has 150 valence electrons.